The zero-order chi connectivity index (χ0) is 32.7. The molecule has 0 aromatic heterocycles. The van der Waals surface area contributed by atoms with Gasteiger partial charge >= 0.3 is 7.60 Å². The van der Waals surface area contributed by atoms with Crippen LogP contribution in [0.3, 0.4) is 0 Å². The lowest BCUT2D eigenvalue weighted by Crippen LogP contribution is -2.19. The normalized spacial score (nSPS) is 12.5. The van der Waals surface area contributed by atoms with Crippen LogP contribution in [0.15, 0.2) is 60.4 Å². The van der Waals surface area contributed by atoms with Crippen molar-refractivity contribution in [2.75, 3.05) is 12.8 Å². The molecule has 1 heterocycles. The number of rotatable bonds is 11. The molecule has 6 heteroatoms. The third-order valence-electron chi connectivity index (χ3n) is 6.24. The fourth-order valence-electron chi connectivity index (χ4n) is 3.96. The minimum atomic E-state index is -3.83. The second-order valence-electron chi connectivity index (χ2n) is 10.7. The molecule has 0 aliphatic carbocycles. The molecule has 1 aliphatic rings. The molecule has 2 N–H and O–H groups in total. The highest BCUT2D eigenvalue weighted by Crippen LogP contribution is 2.36. The molecule has 242 valence electrons. The molecule has 0 amide bonds. The quantitative estimate of drug-likeness (QED) is 0.150. The molecule has 3 rings (SSSR count). The van der Waals surface area contributed by atoms with E-state index in [-0.39, 0.29) is 6.16 Å². The first-order valence-corrected chi connectivity index (χ1v) is 17.9. The predicted molar refractivity (Wildman–Crippen MR) is 186 cm³/mol. The molecule has 0 atom stereocenters. The highest BCUT2D eigenvalue weighted by molar-refractivity contribution is 7.51. The third-order valence-corrected chi connectivity index (χ3v) is 7.14. The Morgan fingerprint density at radius 2 is 1.60 bits per heavy atom. The smallest absolute Gasteiger partial charge is 0.325 e. The maximum atomic E-state index is 10.3. The van der Waals surface area contributed by atoms with Crippen molar-refractivity contribution in [2.45, 2.75) is 114 Å². The van der Waals surface area contributed by atoms with Gasteiger partial charge in [0.2, 0.25) is 0 Å². The largest absolute Gasteiger partial charge is 0.502 e. The fraction of sp³-hybridized carbons (Fsp3) is 0.514. The number of fused-ring (bicyclic) bond motifs is 2. The second kappa shape index (κ2) is 23.8. The van der Waals surface area contributed by atoms with Crippen molar-refractivity contribution in [3.8, 4) is 11.5 Å². The van der Waals surface area contributed by atoms with E-state index in [0.29, 0.717) is 13.0 Å². The van der Waals surface area contributed by atoms with Crippen LogP contribution in [0.4, 0.5) is 0 Å². The summed E-state index contributed by atoms with van der Waals surface area (Å²) in [5, 5.41) is 2.42. The average molecular weight is 615 g/mol. The Kier molecular flexibility index (Phi) is 22.4. The highest BCUT2D eigenvalue weighted by Gasteiger charge is 2.19. The van der Waals surface area contributed by atoms with E-state index >= 15 is 0 Å². The molecular weight excluding hydrogens is 555 g/mol. The summed E-state index contributed by atoms with van der Waals surface area (Å²) in [6.45, 7) is 19.6. The molecule has 43 heavy (non-hydrogen) atoms. The van der Waals surface area contributed by atoms with E-state index < -0.39 is 7.60 Å². The van der Waals surface area contributed by atoms with E-state index in [2.05, 4.69) is 104 Å². The minimum Gasteiger partial charge on any atom is -0.502 e. The summed E-state index contributed by atoms with van der Waals surface area (Å²) in [5.74, 6) is 1.92. The molecule has 2 aromatic carbocycles. The first-order valence-electron chi connectivity index (χ1n) is 16.1. The summed E-state index contributed by atoms with van der Waals surface area (Å²) in [4.78, 5) is 16.9. The van der Waals surface area contributed by atoms with E-state index in [1.165, 1.54) is 58.4 Å². The maximum absolute atomic E-state index is 10.3. The van der Waals surface area contributed by atoms with Crippen LogP contribution < -0.4 is 15.2 Å². The van der Waals surface area contributed by atoms with Crippen molar-refractivity contribution in [2.24, 2.45) is 0 Å². The third kappa shape index (κ3) is 17.3. The van der Waals surface area contributed by atoms with Crippen LogP contribution in [0.5, 0.6) is 11.5 Å². The first kappa shape index (κ1) is 40.4. The lowest BCUT2D eigenvalue weighted by atomic mass is 9.92. The molecule has 0 radical (unpaired) electrons. The average Bonchev–Trinajstić information content (AvgIpc) is 2.97. The van der Waals surface area contributed by atoms with Crippen LogP contribution in [0.2, 0.25) is 0 Å². The van der Waals surface area contributed by atoms with E-state index in [9.17, 15) is 4.57 Å². The van der Waals surface area contributed by atoms with Crippen LogP contribution in [0.1, 0.15) is 118 Å². The lowest BCUT2D eigenvalue weighted by Gasteiger charge is -2.21. The summed E-state index contributed by atoms with van der Waals surface area (Å²) in [6, 6.07) is 13.0. The fourth-order valence-corrected chi connectivity index (χ4v) is 4.50. The van der Waals surface area contributed by atoms with Crippen molar-refractivity contribution >= 4 is 19.2 Å². The number of benzene rings is 2. The molecule has 0 saturated carbocycles. The molecule has 0 saturated heterocycles. The Morgan fingerprint density at radius 1 is 0.930 bits per heavy atom. The standard InChI is InChI=1S/C22H24O.C7H15O4P.C5H12.C3H8/c1-5-7-8-17-10-12-19-21(14-17)23-20-13-15(3)9-11-18(20)22(19)16(4)6-2;1-2-3-5-11-6-4-7-12(8,9)10;1-3-5-4-2;1-3-2/h6,8-14H,5,7H2,1-4H3;3,5H,2,4,6-7H2,1H3,(H2,8,9,10);3-5H2,1-2H3;3H2,1-2H3/b16-6+,17-8-;5-3+;;. The van der Waals surface area contributed by atoms with Gasteiger partial charge in [-0.15, -0.1) is 0 Å². The van der Waals surface area contributed by atoms with E-state index in [1.807, 2.05) is 13.0 Å². The SMILES string of the molecule is C/C=C(\C)C1=c2cc/c(=C/CCC)cc2Oc2cc(C)ccc21.CC/C=C/OCCCP(=O)(O)O.CCC.CCCCC. The summed E-state index contributed by atoms with van der Waals surface area (Å²) >= 11 is 0. The summed E-state index contributed by atoms with van der Waals surface area (Å²) in [5.41, 5.74) is 4.97. The van der Waals surface area contributed by atoms with Gasteiger partial charge in [0.25, 0.3) is 0 Å². The molecule has 0 spiro atoms. The molecule has 0 bridgehead atoms. The molecule has 5 nitrogen and oxygen atoms in total. The van der Waals surface area contributed by atoms with Gasteiger partial charge in [-0.05, 0) is 74.1 Å². The van der Waals surface area contributed by atoms with E-state index in [1.54, 1.807) is 6.26 Å². The van der Waals surface area contributed by atoms with Gasteiger partial charge in [-0.1, -0.05) is 116 Å². The van der Waals surface area contributed by atoms with Crippen molar-refractivity contribution in [1.82, 2.24) is 0 Å². The Bertz CT molecular complexity index is 1270. The van der Waals surface area contributed by atoms with Crippen molar-refractivity contribution in [1.29, 1.82) is 0 Å². The number of allylic oxidation sites excluding steroid dienone is 3. The minimum absolute atomic E-state index is 0.104. The molecule has 0 fully saturated rings. The van der Waals surface area contributed by atoms with Gasteiger partial charge in [-0.25, -0.2) is 0 Å². The molecule has 1 aliphatic heterocycles. The maximum Gasteiger partial charge on any atom is 0.325 e. The van der Waals surface area contributed by atoms with Crippen molar-refractivity contribution < 1.29 is 23.8 Å². The number of unbranched alkanes of at least 4 members (excludes halogenated alkanes) is 3. The van der Waals surface area contributed by atoms with Gasteiger partial charge in [-0.3, -0.25) is 4.57 Å². The summed E-state index contributed by atoms with van der Waals surface area (Å²) < 4.78 is 21.5. The van der Waals surface area contributed by atoms with Gasteiger partial charge in [0.1, 0.15) is 11.5 Å². The Labute approximate surface area is 262 Å². The van der Waals surface area contributed by atoms with Crippen LogP contribution in [-0.4, -0.2) is 22.6 Å². The Hall–Kier alpha value is -2.59. The monoisotopic (exact) mass is 614 g/mol. The van der Waals surface area contributed by atoms with Crippen LogP contribution in [0, 0.1) is 6.92 Å². The molecular formula is C37H59O5P. The zero-order valence-corrected chi connectivity index (χ0v) is 29.3. The number of hydrogen-bond acceptors (Lipinski definition) is 3. The second-order valence-corrected chi connectivity index (χ2v) is 12.4. The number of aryl methyl sites for hydroxylation is 1. The summed E-state index contributed by atoms with van der Waals surface area (Å²) in [6.07, 6.45) is 16.6. The van der Waals surface area contributed by atoms with Gasteiger partial charge in [0.15, 0.2) is 0 Å². The van der Waals surface area contributed by atoms with Crippen LogP contribution in [0.25, 0.3) is 11.6 Å². The molecule has 0 unspecified atom stereocenters. The lowest BCUT2D eigenvalue weighted by molar-refractivity contribution is 0.246. The van der Waals surface area contributed by atoms with Crippen LogP contribution in [-0.2, 0) is 9.30 Å². The first-order chi connectivity index (χ1) is 20.5. The number of ether oxygens (including phenoxy) is 2. The summed E-state index contributed by atoms with van der Waals surface area (Å²) in [7, 11) is -3.83. The zero-order valence-electron chi connectivity index (χ0n) is 28.4. The Morgan fingerprint density at radius 3 is 2.14 bits per heavy atom. The van der Waals surface area contributed by atoms with Gasteiger partial charge in [-0.2, -0.15) is 0 Å². The van der Waals surface area contributed by atoms with Crippen molar-refractivity contribution in [3.63, 3.8) is 0 Å². The van der Waals surface area contributed by atoms with Crippen molar-refractivity contribution in [3.05, 3.63) is 81.9 Å². The topological polar surface area (TPSA) is 76.0 Å². The van der Waals surface area contributed by atoms with E-state index in [4.69, 9.17) is 19.3 Å². The Balaban J connectivity index is 0.000000739. The highest BCUT2D eigenvalue weighted by atomic mass is 31.2. The van der Waals surface area contributed by atoms with Gasteiger partial charge in [0.05, 0.1) is 19.0 Å². The predicted octanol–water partition coefficient (Wildman–Crippen LogP) is 9.95. The van der Waals surface area contributed by atoms with Crippen LogP contribution >= 0.6 is 7.60 Å². The van der Waals surface area contributed by atoms with Gasteiger partial charge < -0.3 is 19.3 Å². The van der Waals surface area contributed by atoms with Gasteiger partial charge in [0, 0.05) is 10.8 Å². The van der Waals surface area contributed by atoms with E-state index in [0.717, 1.165) is 30.8 Å². The number of hydrogen-bond donors (Lipinski definition) is 2. The molecule has 2 aromatic rings.